The Morgan fingerprint density at radius 3 is 2.81 bits per heavy atom. The van der Waals surface area contributed by atoms with Crippen LogP contribution in [0.3, 0.4) is 0 Å². The Morgan fingerprint density at radius 1 is 1.44 bits per heavy atom. The summed E-state index contributed by atoms with van der Waals surface area (Å²) in [5.41, 5.74) is 0. The number of aliphatic hydroxyl groups is 2. The van der Waals surface area contributed by atoms with E-state index in [1.165, 1.54) is 0 Å². The lowest BCUT2D eigenvalue weighted by Gasteiger charge is -2.42. The normalized spacial score (nSPS) is 36.4. The highest BCUT2D eigenvalue weighted by Crippen LogP contribution is 2.25. The predicted molar refractivity (Wildman–Crippen MR) is 60.1 cm³/mol. The van der Waals surface area contributed by atoms with E-state index in [4.69, 9.17) is 4.74 Å². The van der Waals surface area contributed by atoms with Gasteiger partial charge < -0.3 is 19.8 Å². The van der Waals surface area contributed by atoms with Gasteiger partial charge in [0.25, 0.3) is 0 Å². The zero-order valence-electron chi connectivity index (χ0n) is 9.88. The van der Waals surface area contributed by atoms with Crippen LogP contribution in [0, 0.1) is 0 Å². The van der Waals surface area contributed by atoms with Crippen molar-refractivity contribution < 1.29 is 14.9 Å². The fourth-order valence-corrected chi connectivity index (χ4v) is 2.44. The van der Waals surface area contributed by atoms with Crippen LogP contribution >= 0.6 is 0 Å². The molecule has 1 aliphatic heterocycles. The van der Waals surface area contributed by atoms with Crippen molar-refractivity contribution in [2.75, 3.05) is 40.1 Å². The maximum absolute atomic E-state index is 9.27. The van der Waals surface area contributed by atoms with Gasteiger partial charge in [0, 0.05) is 25.2 Å². The van der Waals surface area contributed by atoms with Crippen LogP contribution in [-0.4, -0.2) is 78.3 Å². The number of rotatable bonds is 4. The van der Waals surface area contributed by atoms with Crippen LogP contribution in [0.25, 0.3) is 0 Å². The molecule has 0 unspecified atom stereocenters. The number of morpholine rings is 1. The lowest BCUT2D eigenvalue weighted by molar-refractivity contribution is -0.0657. The van der Waals surface area contributed by atoms with Crippen molar-refractivity contribution >= 4 is 0 Å². The van der Waals surface area contributed by atoms with E-state index in [9.17, 15) is 10.2 Å². The molecule has 1 aliphatic carbocycles. The quantitative estimate of drug-likeness (QED) is 0.655. The van der Waals surface area contributed by atoms with E-state index in [0.29, 0.717) is 19.3 Å². The first-order valence-corrected chi connectivity index (χ1v) is 6.01. The van der Waals surface area contributed by atoms with Crippen LogP contribution < -0.4 is 0 Å². The molecule has 0 amide bonds. The van der Waals surface area contributed by atoms with Gasteiger partial charge in [-0.25, -0.2) is 0 Å². The smallest absolute Gasteiger partial charge is 0.0960 e. The first-order valence-electron chi connectivity index (χ1n) is 6.01. The molecule has 2 N–H and O–H groups in total. The van der Waals surface area contributed by atoms with Crippen molar-refractivity contribution in [2.45, 2.75) is 31.0 Å². The lowest BCUT2D eigenvalue weighted by atomic mass is 9.88. The molecule has 1 saturated heterocycles. The summed E-state index contributed by atoms with van der Waals surface area (Å²) < 4.78 is 5.44. The molecular weight excluding hydrogens is 208 g/mol. The van der Waals surface area contributed by atoms with Crippen molar-refractivity contribution in [3.8, 4) is 0 Å². The molecule has 0 spiro atoms. The third kappa shape index (κ3) is 2.73. The molecule has 1 saturated carbocycles. The second-order valence-corrected chi connectivity index (χ2v) is 4.90. The Kier molecular flexibility index (Phi) is 4.16. The van der Waals surface area contributed by atoms with Crippen molar-refractivity contribution in [2.24, 2.45) is 0 Å². The molecule has 0 radical (unpaired) electrons. The zero-order valence-corrected chi connectivity index (χ0v) is 9.88. The molecule has 16 heavy (non-hydrogen) atoms. The molecule has 2 rings (SSSR count). The first kappa shape index (κ1) is 12.3. The Labute approximate surface area is 96.6 Å². The summed E-state index contributed by atoms with van der Waals surface area (Å²) in [6.07, 6.45) is 1.65. The highest BCUT2D eigenvalue weighted by molar-refractivity contribution is 4.88. The number of likely N-dealkylation sites (N-methyl/N-ethyl adjacent to an activating group) is 1. The van der Waals surface area contributed by atoms with E-state index < -0.39 is 0 Å². The molecule has 0 aromatic heterocycles. The number of hydrogen-bond donors (Lipinski definition) is 2. The monoisotopic (exact) mass is 230 g/mol. The van der Waals surface area contributed by atoms with Crippen molar-refractivity contribution in [1.82, 2.24) is 9.80 Å². The molecule has 94 valence electrons. The van der Waals surface area contributed by atoms with Gasteiger partial charge in [-0.2, -0.15) is 0 Å². The molecule has 0 aromatic rings. The highest BCUT2D eigenvalue weighted by Gasteiger charge is 2.32. The van der Waals surface area contributed by atoms with E-state index >= 15 is 0 Å². The molecule has 2 aliphatic rings. The summed E-state index contributed by atoms with van der Waals surface area (Å²) in [6.45, 7) is 3.22. The van der Waals surface area contributed by atoms with E-state index in [0.717, 1.165) is 25.9 Å². The minimum absolute atomic E-state index is 0.106. The van der Waals surface area contributed by atoms with Gasteiger partial charge in [-0.3, -0.25) is 4.90 Å². The number of nitrogens with zero attached hydrogens (tertiary/aromatic N) is 2. The standard InChI is InChI=1S/C11H22N2O3/c1-12(9-4-11(15)5-9)6-10-7-16-3-2-13(10)8-14/h9-11,14-15H,2-8H2,1H3/t9?,10-,11?/m0/s1. The number of ether oxygens (including phenoxy) is 1. The van der Waals surface area contributed by atoms with Crippen LogP contribution in [-0.2, 0) is 4.74 Å². The average Bonchev–Trinajstić information content (AvgIpc) is 2.25. The molecule has 0 aromatic carbocycles. The number of aliphatic hydroxyl groups excluding tert-OH is 2. The van der Waals surface area contributed by atoms with Gasteiger partial charge in [-0.05, 0) is 19.9 Å². The minimum atomic E-state index is -0.107. The van der Waals surface area contributed by atoms with Crippen LogP contribution in [0.15, 0.2) is 0 Å². The lowest BCUT2D eigenvalue weighted by Crippen LogP contribution is -2.54. The molecule has 5 nitrogen and oxygen atoms in total. The van der Waals surface area contributed by atoms with Crippen molar-refractivity contribution in [3.05, 3.63) is 0 Å². The summed E-state index contributed by atoms with van der Waals surface area (Å²) in [7, 11) is 2.08. The SMILES string of the molecule is CN(C[C@H]1COCCN1CO)C1CC(O)C1. The summed E-state index contributed by atoms with van der Waals surface area (Å²) >= 11 is 0. The Hall–Kier alpha value is -0.200. The molecule has 5 heteroatoms. The largest absolute Gasteiger partial charge is 0.393 e. The van der Waals surface area contributed by atoms with Gasteiger partial charge in [0.2, 0.25) is 0 Å². The second kappa shape index (κ2) is 5.42. The van der Waals surface area contributed by atoms with E-state index in [-0.39, 0.29) is 18.9 Å². The van der Waals surface area contributed by atoms with Gasteiger partial charge in [0.1, 0.15) is 0 Å². The van der Waals surface area contributed by atoms with Gasteiger partial charge in [-0.15, -0.1) is 0 Å². The topological polar surface area (TPSA) is 56.2 Å². The molecule has 1 atom stereocenters. The minimum Gasteiger partial charge on any atom is -0.393 e. The van der Waals surface area contributed by atoms with Crippen molar-refractivity contribution in [1.29, 1.82) is 0 Å². The van der Waals surface area contributed by atoms with E-state index in [2.05, 4.69) is 16.8 Å². The van der Waals surface area contributed by atoms with Crippen molar-refractivity contribution in [3.63, 3.8) is 0 Å². The van der Waals surface area contributed by atoms with Gasteiger partial charge in [0.15, 0.2) is 0 Å². The summed E-state index contributed by atoms with van der Waals surface area (Å²) in [5, 5.41) is 18.5. The maximum Gasteiger partial charge on any atom is 0.0960 e. The summed E-state index contributed by atoms with van der Waals surface area (Å²) in [5.74, 6) is 0. The van der Waals surface area contributed by atoms with E-state index in [1.807, 2.05) is 0 Å². The van der Waals surface area contributed by atoms with Crippen LogP contribution in [0.2, 0.25) is 0 Å². The predicted octanol–water partition coefficient (Wildman–Crippen LogP) is -0.908. The fraction of sp³-hybridized carbons (Fsp3) is 1.00. The Morgan fingerprint density at radius 2 is 2.19 bits per heavy atom. The Bertz CT molecular complexity index is 221. The van der Waals surface area contributed by atoms with Gasteiger partial charge >= 0.3 is 0 Å². The first-order chi connectivity index (χ1) is 7.70. The fourth-order valence-electron chi connectivity index (χ4n) is 2.44. The van der Waals surface area contributed by atoms with E-state index in [1.54, 1.807) is 0 Å². The zero-order chi connectivity index (χ0) is 11.5. The van der Waals surface area contributed by atoms with Crippen LogP contribution in [0.5, 0.6) is 0 Å². The highest BCUT2D eigenvalue weighted by atomic mass is 16.5. The van der Waals surface area contributed by atoms with Crippen LogP contribution in [0.1, 0.15) is 12.8 Å². The molecule has 0 bridgehead atoms. The summed E-state index contributed by atoms with van der Waals surface area (Å²) in [6, 6.07) is 0.777. The molecule has 2 fully saturated rings. The van der Waals surface area contributed by atoms with Gasteiger partial charge in [0.05, 0.1) is 26.0 Å². The summed E-state index contributed by atoms with van der Waals surface area (Å²) in [4.78, 5) is 4.32. The third-order valence-corrected chi connectivity index (χ3v) is 3.74. The second-order valence-electron chi connectivity index (χ2n) is 4.90. The number of hydrogen-bond acceptors (Lipinski definition) is 5. The molecule has 1 heterocycles. The third-order valence-electron chi connectivity index (χ3n) is 3.74. The van der Waals surface area contributed by atoms with Gasteiger partial charge in [-0.1, -0.05) is 0 Å². The maximum atomic E-state index is 9.27. The average molecular weight is 230 g/mol. The Balaban J connectivity index is 1.78. The van der Waals surface area contributed by atoms with Crippen LogP contribution in [0.4, 0.5) is 0 Å². The molecular formula is C11H22N2O3.